The fourth-order valence-electron chi connectivity index (χ4n) is 3.38. The largest absolute Gasteiger partial charge is 0.491 e. The quantitative estimate of drug-likeness (QED) is 0.780. The fourth-order valence-corrected chi connectivity index (χ4v) is 4.50. The van der Waals surface area contributed by atoms with Gasteiger partial charge in [0.2, 0.25) is 5.91 Å². The molecular weight excluding hydrogens is 362 g/mol. The van der Waals surface area contributed by atoms with E-state index in [0.29, 0.717) is 17.1 Å². The highest BCUT2D eigenvalue weighted by Crippen LogP contribution is 2.40. The van der Waals surface area contributed by atoms with E-state index in [-0.39, 0.29) is 28.9 Å². The molecule has 0 spiro atoms. The van der Waals surface area contributed by atoms with Crippen LogP contribution in [0.25, 0.3) is 0 Å². The lowest BCUT2D eigenvalue weighted by atomic mass is 10.1. The van der Waals surface area contributed by atoms with Crippen molar-refractivity contribution in [1.29, 1.82) is 0 Å². The van der Waals surface area contributed by atoms with Gasteiger partial charge in [-0.15, -0.1) is 11.8 Å². The molecule has 1 aromatic carbocycles. The van der Waals surface area contributed by atoms with Gasteiger partial charge in [-0.25, -0.2) is 0 Å². The summed E-state index contributed by atoms with van der Waals surface area (Å²) in [6.45, 7) is 8.13. The van der Waals surface area contributed by atoms with E-state index in [9.17, 15) is 9.59 Å². The van der Waals surface area contributed by atoms with Gasteiger partial charge >= 0.3 is 0 Å². The van der Waals surface area contributed by atoms with Crippen LogP contribution in [0.3, 0.4) is 0 Å². The molecule has 1 aliphatic heterocycles. The number of nitrogens with one attached hydrogen (secondary N) is 2. The molecule has 146 valence electrons. The lowest BCUT2D eigenvalue weighted by Crippen LogP contribution is -2.18. The maximum atomic E-state index is 12.8. The zero-order valence-corrected chi connectivity index (χ0v) is 17.1. The summed E-state index contributed by atoms with van der Waals surface area (Å²) in [4.78, 5) is 25.0. The van der Waals surface area contributed by atoms with Crippen LogP contribution < -0.4 is 15.6 Å². The molecule has 0 unspecified atom stereocenters. The van der Waals surface area contributed by atoms with Crippen LogP contribution in [0.2, 0.25) is 0 Å². The summed E-state index contributed by atoms with van der Waals surface area (Å²) >= 11 is 1.47. The number of nitrogens with zero attached hydrogens (tertiary/aromatic N) is 1. The van der Waals surface area contributed by atoms with Crippen LogP contribution in [-0.2, 0) is 4.79 Å². The van der Waals surface area contributed by atoms with Gasteiger partial charge in [0.25, 0.3) is 5.56 Å². The molecule has 1 aromatic heterocycles. The van der Waals surface area contributed by atoms with Crippen LogP contribution in [0.15, 0.2) is 29.1 Å². The third kappa shape index (κ3) is 4.24. The van der Waals surface area contributed by atoms with E-state index < -0.39 is 0 Å². The monoisotopic (exact) mass is 389 g/mol. The zero-order chi connectivity index (χ0) is 19.6. The van der Waals surface area contributed by atoms with Crippen molar-refractivity contribution >= 4 is 23.5 Å². The number of aromatic nitrogens is 2. The van der Waals surface area contributed by atoms with Crippen molar-refractivity contribution in [3.05, 3.63) is 45.7 Å². The first-order valence-electron chi connectivity index (χ1n) is 9.43. The second-order valence-corrected chi connectivity index (χ2v) is 8.28. The van der Waals surface area contributed by atoms with Crippen LogP contribution in [0.1, 0.15) is 63.0 Å². The predicted octanol–water partition coefficient (Wildman–Crippen LogP) is 4.10. The van der Waals surface area contributed by atoms with Crippen molar-refractivity contribution in [3.63, 3.8) is 0 Å². The molecule has 0 aliphatic carbocycles. The minimum absolute atomic E-state index is 0.0834. The molecule has 1 aliphatic rings. The fraction of sp³-hybridized carbons (Fsp3) is 0.500. The number of ether oxygens (including phenoxy) is 1. The predicted molar refractivity (Wildman–Crippen MR) is 110 cm³/mol. The summed E-state index contributed by atoms with van der Waals surface area (Å²) in [6.07, 6.45) is 2.03. The molecule has 0 fully saturated rings. The molecule has 2 aromatic rings. The highest BCUT2D eigenvalue weighted by Gasteiger charge is 2.31. The molecule has 2 N–H and O–H groups in total. The number of benzene rings is 1. The van der Waals surface area contributed by atoms with Gasteiger partial charge in [-0.05, 0) is 44.9 Å². The molecule has 1 amide bonds. The first-order valence-corrected chi connectivity index (χ1v) is 10.5. The third-order valence-corrected chi connectivity index (χ3v) is 5.84. The van der Waals surface area contributed by atoms with Crippen molar-refractivity contribution in [3.8, 4) is 5.75 Å². The van der Waals surface area contributed by atoms with Gasteiger partial charge in [0, 0.05) is 6.04 Å². The lowest BCUT2D eigenvalue weighted by molar-refractivity contribution is -0.113. The number of aromatic amines is 1. The van der Waals surface area contributed by atoms with Gasteiger partial charge in [0.05, 0.1) is 22.7 Å². The Kier molecular flexibility index (Phi) is 5.99. The second-order valence-electron chi connectivity index (χ2n) is 7.19. The topological polar surface area (TPSA) is 76.1 Å². The number of H-pyrrole nitrogens is 1. The van der Waals surface area contributed by atoms with Gasteiger partial charge in [-0.2, -0.15) is 0 Å². The molecule has 2 heterocycles. The number of anilines is 1. The summed E-state index contributed by atoms with van der Waals surface area (Å²) in [6, 6.07) is 7.89. The van der Waals surface area contributed by atoms with Crippen LogP contribution >= 0.6 is 11.8 Å². The van der Waals surface area contributed by atoms with Crippen molar-refractivity contribution < 1.29 is 9.53 Å². The Hall–Kier alpha value is -2.15. The van der Waals surface area contributed by atoms with Gasteiger partial charge in [-0.1, -0.05) is 25.5 Å². The van der Waals surface area contributed by atoms with Gasteiger partial charge in [0.1, 0.15) is 11.6 Å². The minimum Gasteiger partial charge on any atom is -0.491 e. The molecular formula is C20H27N3O3S. The van der Waals surface area contributed by atoms with Gasteiger partial charge in [0.15, 0.2) is 0 Å². The number of thioether (sulfide) groups is 1. The molecule has 0 saturated carbocycles. The molecule has 7 heteroatoms. The first kappa shape index (κ1) is 19.6. The maximum Gasteiger partial charge on any atom is 0.270 e. The third-order valence-electron chi connectivity index (χ3n) is 4.57. The number of hydrogen-bond donors (Lipinski definition) is 2. The molecule has 27 heavy (non-hydrogen) atoms. The van der Waals surface area contributed by atoms with Crippen molar-refractivity contribution in [1.82, 2.24) is 9.78 Å². The molecule has 2 atom stereocenters. The highest BCUT2D eigenvalue weighted by atomic mass is 32.2. The highest BCUT2D eigenvalue weighted by molar-refractivity contribution is 8.00. The summed E-state index contributed by atoms with van der Waals surface area (Å²) in [5.74, 6) is 1.62. The summed E-state index contributed by atoms with van der Waals surface area (Å²) in [5, 5.41) is 5.67. The second kappa shape index (κ2) is 8.25. The van der Waals surface area contributed by atoms with Crippen LogP contribution in [-0.4, -0.2) is 27.5 Å². The number of carbonyl (C=O) groups excluding carboxylic acids is 1. The smallest absolute Gasteiger partial charge is 0.270 e. The molecule has 0 radical (unpaired) electrons. The van der Waals surface area contributed by atoms with E-state index in [4.69, 9.17) is 4.74 Å². The zero-order valence-electron chi connectivity index (χ0n) is 16.2. The average molecular weight is 390 g/mol. The van der Waals surface area contributed by atoms with E-state index in [1.165, 1.54) is 11.8 Å². The van der Waals surface area contributed by atoms with E-state index >= 15 is 0 Å². The number of carbonyl (C=O) groups is 1. The molecule has 6 nitrogen and oxygen atoms in total. The van der Waals surface area contributed by atoms with Crippen LogP contribution in [0.4, 0.5) is 5.82 Å². The van der Waals surface area contributed by atoms with Gasteiger partial charge < -0.3 is 10.1 Å². The normalized spacial score (nSPS) is 18.0. The Morgan fingerprint density at radius 2 is 1.93 bits per heavy atom. The van der Waals surface area contributed by atoms with Crippen molar-refractivity contribution in [2.75, 3.05) is 11.1 Å². The summed E-state index contributed by atoms with van der Waals surface area (Å²) < 4.78 is 7.52. The Bertz CT molecular complexity index is 854. The van der Waals surface area contributed by atoms with Crippen LogP contribution in [0.5, 0.6) is 5.75 Å². The van der Waals surface area contributed by atoms with Gasteiger partial charge in [-0.3, -0.25) is 19.4 Å². The standard InChI is InChI=1S/C20H27N3O3S/c1-5-6-13(4)23-19-17(20(25)22-23)18(27-11-16(24)21-19)14-7-9-15(10-8-14)26-12(2)3/h7-10,12-13,18H,5-6,11H2,1-4H3,(H,21,24)(H,22,25)/t13-,18+/m0/s1. The Labute approximate surface area is 163 Å². The van der Waals surface area contributed by atoms with Crippen molar-refractivity contribution in [2.45, 2.75) is 57.9 Å². The number of hydrogen-bond acceptors (Lipinski definition) is 4. The SMILES string of the molecule is CCC[C@H](C)n1[nH]c(=O)c2c1NC(=O)CS[C@@H]2c1ccc(OC(C)C)cc1. The van der Waals surface area contributed by atoms with Crippen LogP contribution in [0, 0.1) is 0 Å². The van der Waals surface area contributed by atoms with E-state index in [0.717, 1.165) is 24.2 Å². The first-order chi connectivity index (χ1) is 12.9. The molecule has 0 saturated heterocycles. The lowest BCUT2D eigenvalue weighted by Gasteiger charge is -2.17. The van der Waals surface area contributed by atoms with E-state index in [2.05, 4.69) is 24.3 Å². The number of rotatable bonds is 6. The van der Waals surface area contributed by atoms with E-state index in [1.54, 1.807) is 0 Å². The number of fused-ring (bicyclic) bond motifs is 1. The minimum atomic E-state index is -0.203. The summed E-state index contributed by atoms with van der Waals surface area (Å²) in [5.41, 5.74) is 1.46. The Balaban J connectivity index is 2.01. The Morgan fingerprint density at radius 3 is 2.56 bits per heavy atom. The average Bonchev–Trinajstić information content (AvgIpc) is 2.82. The van der Waals surface area contributed by atoms with Crippen molar-refractivity contribution in [2.24, 2.45) is 0 Å². The maximum absolute atomic E-state index is 12.8. The summed E-state index contributed by atoms with van der Waals surface area (Å²) in [7, 11) is 0. The molecule has 0 bridgehead atoms. The Morgan fingerprint density at radius 1 is 1.22 bits per heavy atom. The number of amides is 1. The molecule has 3 rings (SSSR count). The van der Waals surface area contributed by atoms with E-state index in [1.807, 2.05) is 42.8 Å².